The molecule has 0 saturated carbocycles. The van der Waals surface area contributed by atoms with Crippen LogP contribution in [-0.4, -0.2) is 34.1 Å². The van der Waals surface area contributed by atoms with Gasteiger partial charge in [-0.15, -0.1) is 0 Å². The van der Waals surface area contributed by atoms with E-state index >= 15 is 0 Å². The van der Waals surface area contributed by atoms with Gasteiger partial charge < -0.3 is 14.8 Å². The van der Waals surface area contributed by atoms with Gasteiger partial charge in [-0.1, -0.05) is 25.4 Å². The number of aliphatic hydroxyl groups is 1. The predicted octanol–water partition coefficient (Wildman–Crippen LogP) is 5.07. The summed E-state index contributed by atoms with van der Waals surface area (Å²) in [5.41, 5.74) is -3.32. The molecule has 2 aromatic heterocycles. The molecule has 3 N–H and O–H groups in total. The van der Waals surface area contributed by atoms with Crippen LogP contribution in [0.4, 0.5) is 17.6 Å². The average molecular weight is 460 g/mol. The monoisotopic (exact) mass is 459 g/mol. The van der Waals surface area contributed by atoms with Gasteiger partial charge in [-0.05, 0) is 35.7 Å². The van der Waals surface area contributed by atoms with E-state index in [1.54, 1.807) is 12.1 Å². The highest BCUT2D eigenvalue weighted by atomic mass is 35.5. The van der Waals surface area contributed by atoms with Crippen molar-refractivity contribution >= 4 is 22.5 Å². The summed E-state index contributed by atoms with van der Waals surface area (Å²) in [7, 11) is 1.35. The topological polar surface area (TPSA) is 70.2 Å². The first kappa shape index (κ1) is 23.3. The van der Waals surface area contributed by atoms with Crippen molar-refractivity contribution in [1.82, 2.24) is 15.3 Å². The van der Waals surface area contributed by atoms with E-state index in [0.717, 1.165) is 12.1 Å². The first-order chi connectivity index (χ1) is 14.3. The molecule has 168 valence electrons. The van der Waals surface area contributed by atoms with Gasteiger partial charge in [-0.2, -0.15) is 13.2 Å². The number of fused-ring (bicyclic) bond motifs is 1. The first-order valence-electron chi connectivity index (χ1n) is 9.36. The van der Waals surface area contributed by atoms with Crippen LogP contribution in [0.3, 0.4) is 0 Å². The Balaban J connectivity index is 1.88. The number of benzene rings is 1. The van der Waals surface area contributed by atoms with Gasteiger partial charge in [-0.3, -0.25) is 5.32 Å². The second-order valence-corrected chi connectivity index (χ2v) is 8.39. The van der Waals surface area contributed by atoms with E-state index in [4.69, 9.17) is 16.3 Å². The molecular formula is C21H22ClF4N3O2. The van der Waals surface area contributed by atoms with Crippen LogP contribution in [-0.2, 0) is 12.0 Å². The van der Waals surface area contributed by atoms with Crippen LogP contribution in [0, 0.1) is 5.82 Å². The van der Waals surface area contributed by atoms with Gasteiger partial charge >= 0.3 is 6.18 Å². The van der Waals surface area contributed by atoms with Gasteiger partial charge in [0.05, 0.1) is 18.8 Å². The van der Waals surface area contributed by atoms with E-state index in [9.17, 15) is 22.7 Å². The Kier molecular flexibility index (Phi) is 6.23. The lowest BCUT2D eigenvalue weighted by molar-refractivity contribution is -0.280. The fraction of sp³-hybridized carbons (Fsp3) is 0.381. The molecule has 3 rings (SSSR count). The van der Waals surface area contributed by atoms with Gasteiger partial charge in [0.15, 0.2) is 0 Å². The Morgan fingerprint density at radius 2 is 1.90 bits per heavy atom. The zero-order valence-electron chi connectivity index (χ0n) is 17.1. The van der Waals surface area contributed by atoms with Crippen molar-refractivity contribution < 1.29 is 27.4 Å². The predicted molar refractivity (Wildman–Crippen MR) is 110 cm³/mol. The van der Waals surface area contributed by atoms with Gasteiger partial charge in [0, 0.05) is 29.6 Å². The molecule has 1 aromatic carbocycles. The number of hydrogen-bond donors (Lipinski definition) is 3. The Bertz CT molecular complexity index is 1080. The summed E-state index contributed by atoms with van der Waals surface area (Å²) in [5.74, 6) is -0.381. The third-order valence-corrected chi connectivity index (χ3v) is 5.36. The zero-order valence-corrected chi connectivity index (χ0v) is 17.8. The van der Waals surface area contributed by atoms with Crippen molar-refractivity contribution in [3.05, 3.63) is 58.8 Å². The maximum Gasteiger partial charge on any atom is 0.431 e. The van der Waals surface area contributed by atoms with Gasteiger partial charge in [0.25, 0.3) is 0 Å². The average Bonchev–Trinajstić information content (AvgIpc) is 3.07. The van der Waals surface area contributed by atoms with Crippen LogP contribution in [0.1, 0.15) is 31.5 Å². The number of aromatic amines is 1. The van der Waals surface area contributed by atoms with Crippen LogP contribution in [0.2, 0.25) is 5.15 Å². The lowest BCUT2D eigenvalue weighted by Gasteiger charge is -2.38. The molecule has 31 heavy (non-hydrogen) atoms. The third kappa shape index (κ3) is 4.94. The molecule has 0 spiro atoms. The number of pyridine rings is 1. The third-order valence-electron chi connectivity index (χ3n) is 5.16. The lowest BCUT2D eigenvalue weighted by atomic mass is 9.77. The highest BCUT2D eigenvalue weighted by molar-refractivity contribution is 6.30. The highest BCUT2D eigenvalue weighted by Gasteiger charge is 2.56. The summed E-state index contributed by atoms with van der Waals surface area (Å²) in [6.45, 7) is 2.66. The van der Waals surface area contributed by atoms with Crippen molar-refractivity contribution in [3.63, 3.8) is 0 Å². The number of methoxy groups -OCH3 is 1. The first-order valence-corrected chi connectivity index (χ1v) is 9.74. The SMILES string of the molecule is COc1ccc(F)cc1C(C)(C)CC(O)(NCc1cc2cc(Cl)ncc2[nH]1)C(F)(F)F. The fourth-order valence-electron chi connectivity index (χ4n) is 3.61. The van der Waals surface area contributed by atoms with Crippen molar-refractivity contribution in [2.45, 2.75) is 44.1 Å². The summed E-state index contributed by atoms with van der Waals surface area (Å²) in [5, 5.41) is 13.8. The number of rotatable bonds is 7. The van der Waals surface area contributed by atoms with Crippen LogP contribution in [0.15, 0.2) is 36.5 Å². The molecule has 0 fully saturated rings. The lowest BCUT2D eigenvalue weighted by Crippen LogP contribution is -2.59. The molecule has 1 unspecified atom stereocenters. The summed E-state index contributed by atoms with van der Waals surface area (Å²) < 4.78 is 60.7. The summed E-state index contributed by atoms with van der Waals surface area (Å²) in [6, 6.07) is 6.81. The van der Waals surface area contributed by atoms with Gasteiger partial charge in [-0.25, -0.2) is 9.37 Å². The Morgan fingerprint density at radius 3 is 2.55 bits per heavy atom. The molecule has 5 nitrogen and oxygen atoms in total. The van der Waals surface area contributed by atoms with Crippen molar-refractivity contribution in [1.29, 1.82) is 0 Å². The molecule has 3 aromatic rings. The van der Waals surface area contributed by atoms with E-state index in [0.29, 0.717) is 16.6 Å². The summed E-state index contributed by atoms with van der Waals surface area (Å²) in [4.78, 5) is 6.85. The van der Waals surface area contributed by atoms with Crippen LogP contribution < -0.4 is 10.1 Å². The van der Waals surface area contributed by atoms with Crippen LogP contribution in [0.25, 0.3) is 10.9 Å². The molecule has 2 heterocycles. The Morgan fingerprint density at radius 1 is 1.19 bits per heavy atom. The molecular weight excluding hydrogens is 438 g/mol. The maximum absolute atomic E-state index is 13.9. The van der Waals surface area contributed by atoms with Crippen molar-refractivity contribution in [2.24, 2.45) is 0 Å². The molecule has 0 aliphatic carbocycles. The van der Waals surface area contributed by atoms with E-state index in [1.807, 2.05) is 0 Å². The Labute approximate surface area is 181 Å². The molecule has 1 atom stereocenters. The van der Waals surface area contributed by atoms with Crippen LogP contribution in [0.5, 0.6) is 5.75 Å². The maximum atomic E-state index is 13.9. The number of nitrogens with one attached hydrogen (secondary N) is 2. The van der Waals surface area contributed by atoms with Crippen molar-refractivity contribution in [2.75, 3.05) is 7.11 Å². The summed E-state index contributed by atoms with van der Waals surface area (Å²) >= 11 is 5.84. The largest absolute Gasteiger partial charge is 0.496 e. The number of aromatic nitrogens is 2. The highest BCUT2D eigenvalue weighted by Crippen LogP contribution is 2.42. The minimum Gasteiger partial charge on any atom is -0.496 e. The Hall–Kier alpha value is -2.36. The molecule has 0 radical (unpaired) electrons. The number of ether oxygens (including phenoxy) is 1. The van der Waals surface area contributed by atoms with Crippen LogP contribution >= 0.6 is 11.6 Å². The standard InChI is InChI=1S/C21H22ClF4N3O2/c1-19(2,15-8-13(23)4-5-17(15)31-3)11-20(30,21(24,25)26)28-9-14-6-12-7-18(22)27-10-16(12)29-14/h4-8,10,28-30H,9,11H2,1-3H3. The minimum atomic E-state index is -5.00. The van der Waals surface area contributed by atoms with Crippen molar-refractivity contribution in [3.8, 4) is 5.75 Å². The van der Waals surface area contributed by atoms with Gasteiger partial charge in [0.2, 0.25) is 5.72 Å². The molecule has 0 aliphatic rings. The second kappa shape index (κ2) is 8.29. The van der Waals surface area contributed by atoms with E-state index in [1.165, 1.54) is 33.2 Å². The quantitative estimate of drug-likeness (QED) is 0.262. The molecule has 0 saturated heterocycles. The molecule has 0 amide bonds. The van der Waals surface area contributed by atoms with Gasteiger partial charge in [0.1, 0.15) is 16.7 Å². The van der Waals surface area contributed by atoms with E-state index < -0.39 is 29.6 Å². The molecule has 10 heteroatoms. The minimum absolute atomic E-state index is 0.214. The molecule has 0 aliphatic heterocycles. The zero-order chi connectivity index (χ0) is 23.0. The smallest absolute Gasteiger partial charge is 0.431 e. The number of alkyl halides is 3. The summed E-state index contributed by atoms with van der Waals surface area (Å²) in [6.07, 6.45) is -4.31. The molecule has 0 bridgehead atoms. The number of nitrogens with zero attached hydrogens (tertiary/aromatic N) is 1. The number of H-pyrrole nitrogens is 1. The van der Waals surface area contributed by atoms with E-state index in [2.05, 4.69) is 15.3 Å². The number of halogens is 5. The second-order valence-electron chi connectivity index (χ2n) is 8.01. The van der Waals surface area contributed by atoms with E-state index in [-0.39, 0.29) is 23.0 Å². The number of hydrogen-bond acceptors (Lipinski definition) is 4. The fourth-order valence-corrected chi connectivity index (χ4v) is 3.77. The normalized spacial score (nSPS) is 14.6.